The monoisotopic (exact) mass is 490 g/mol. The van der Waals surface area contributed by atoms with Gasteiger partial charge in [-0.25, -0.2) is 4.98 Å². The van der Waals surface area contributed by atoms with Gasteiger partial charge in [0.05, 0.1) is 11.9 Å². The van der Waals surface area contributed by atoms with E-state index in [9.17, 15) is 14.4 Å². The molecule has 0 bridgehead atoms. The van der Waals surface area contributed by atoms with Crippen LogP contribution in [-0.4, -0.2) is 40.3 Å². The van der Waals surface area contributed by atoms with Gasteiger partial charge in [-0.3, -0.25) is 24.4 Å². The van der Waals surface area contributed by atoms with Crippen molar-refractivity contribution in [1.29, 1.82) is 5.41 Å². The molecule has 0 saturated heterocycles. The second-order valence-corrected chi connectivity index (χ2v) is 8.49. The molecule has 0 radical (unpaired) electrons. The molecule has 3 rings (SSSR count). The normalized spacial score (nSPS) is 10.7. The number of rotatable bonds is 9. The summed E-state index contributed by atoms with van der Waals surface area (Å²) >= 11 is 0. The maximum atomic E-state index is 13.1. The van der Waals surface area contributed by atoms with Crippen LogP contribution in [0.4, 0.5) is 11.5 Å². The van der Waals surface area contributed by atoms with Crippen molar-refractivity contribution < 1.29 is 9.59 Å². The van der Waals surface area contributed by atoms with E-state index < -0.39 is 11.5 Å². The van der Waals surface area contributed by atoms with Gasteiger partial charge in [0.1, 0.15) is 12.4 Å². The first kappa shape index (κ1) is 25.9. The van der Waals surface area contributed by atoms with Crippen LogP contribution in [-0.2, 0) is 17.9 Å². The zero-order valence-corrected chi connectivity index (χ0v) is 20.4. The van der Waals surface area contributed by atoms with Crippen molar-refractivity contribution >= 4 is 29.2 Å². The molecule has 2 aromatic carbocycles. The van der Waals surface area contributed by atoms with Crippen LogP contribution >= 0.6 is 0 Å². The number of benzene rings is 2. The molecule has 11 heteroatoms. The van der Waals surface area contributed by atoms with E-state index in [-0.39, 0.29) is 36.7 Å². The van der Waals surface area contributed by atoms with Gasteiger partial charge in [0.2, 0.25) is 5.91 Å². The van der Waals surface area contributed by atoms with Gasteiger partial charge < -0.3 is 27.4 Å². The quantitative estimate of drug-likeness (QED) is 0.148. The Morgan fingerprint density at radius 1 is 1.11 bits per heavy atom. The lowest BCUT2D eigenvalue weighted by atomic mass is 10.1. The van der Waals surface area contributed by atoms with Gasteiger partial charge in [-0.15, -0.1) is 0 Å². The van der Waals surface area contributed by atoms with Crippen LogP contribution in [0.15, 0.2) is 53.5 Å². The van der Waals surface area contributed by atoms with E-state index in [1.807, 2.05) is 13.8 Å². The lowest BCUT2D eigenvalue weighted by molar-refractivity contribution is -0.121. The summed E-state index contributed by atoms with van der Waals surface area (Å²) in [5.74, 6) is -0.667. The number of nitrogens with zero attached hydrogens (tertiary/aromatic N) is 2. The minimum atomic E-state index is -0.494. The first-order chi connectivity index (χ1) is 17.1. The molecule has 3 aromatic rings. The molecule has 0 aliphatic rings. The minimum absolute atomic E-state index is 0.0399. The summed E-state index contributed by atoms with van der Waals surface area (Å²) in [6.45, 7) is 3.64. The fraction of sp³-hybridized carbons (Fsp3) is 0.240. The Labute approximate surface area is 208 Å². The minimum Gasteiger partial charge on any atom is -0.399 e. The maximum absolute atomic E-state index is 13.1. The number of aromatic nitrogens is 2. The largest absolute Gasteiger partial charge is 0.399 e. The van der Waals surface area contributed by atoms with E-state index in [1.165, 1.54) is 10.8 Å². The topological polar surface area (TPSA) is 181 Å². The van der Waals surface area contributed by atoms with Crippen LogP contribution in [0, 0.1) is 5.41 Å². The van der Waals surface area contributed by atoms with Crippen LogP contribution in [0.3, 0.4) is 0 Å². The number of anilines is 2. The fourth-order valence-electron chi connectivity index (χ4n) is 3.53. The summed E-state index contributed by atoms with van der Waals surface area (Å²) < 4.78 is 1.28. The molecule has 2 amide bonds. The van der Waals surface area contributed by atoms with Crippen LogP contribution in [0.2, 0.25) is 0 Å². The predicted molar refractivity (Wildman–Crippen MR) is 140 cm³/mol. The van der Waals surface area contributed by atoms with E-state index in [1.54, 1.807) is 49.5 Å². The summed E-state index contributed by atoms with van der Waals surface area (Å²) in [6, 6.07) is 11.6. The predicted octanol–water partition coefficient (Wildman–Crippen LogP) is 1.27. The molecule has 11 nitrogen and oxygen atoms in total. The van der Waals surface area contributed by atoms with Crippen molar-refractivity contribution in [1.82, 2.24) is 20.2 Å². The zero-order valence-electron chi connectivity index (χ0n) is 20.4. The van der Waals surface area contributed by atoms with Crippen molar-refractivity contribution in [2.24, 2.45) is 5.73 Å². The lowest BCUT2D eigenvalue weighted by Crippen LogP contribution is -2.34. The SMILES string of the molecule is CNc1ncc(-c2cc(N)cc(C(=O)NC(C)C)c2)n(CC(=O)NCc2ccc(C(=N)N)cc2)c1=O. The highest BCUT2D eigenvalue weighted by Crippen LogP contribution is 2.23. The second-order valence-electron chi connectivity index (χ2n) is 8.49. The van der Waals surface area contributed by atoms with Crippen molar-refractivity contribution in [2.45, 2.75) is 33.0 Å². The Kier molecular flexibility index (Phi) is 8.05. The molecule has 36 heavy (non-hydrogen) atoms. The molecular formula is C25H30N8O3. The lowest BCUT2D eigenvalue weighted by Gasteiger charge is -2.16. The average molecular weight is 491 g/mol. The summed E-state index contributed by atoms with van der Waals surface area (Å²) in [7, 11) is 1.56. The molecule has 0 saturated carbocycles. The number of hydrogen-bond donors (Lipinski definition) is 6. The Bertz CT molecular complexity index is 1350. The summed E-state index contributed by atoms with van der Waals surface area (Å²) in [6.07, 6.45) is 1.46. The number of amides is 2. The van der Waals surface area contributed by atoms with E-state index in [0.717, 1.165) is 5.56 Å². The molecule has 0 atom stereocenters. The zero-order chi connectivity index (χ0) is 26.4. The number of hydrogen-bond acceptors (Lipinski definition) is 7. The molecule has 0 aliphatic carbocycles. The molecule has 188 valence electrons. The maximum Gasteiger partial charge on any atom is 0.294 e. The molecule has 0 unspecified atom stereocenters. The smallest absolute Gasteiger partial charge is 0.294 e. The summed E-state index contributed by atoms with van der Waals surface area (Å²) in [5, 5.41) is 15.8. The third-order valence-electron chi connectivity index (χ3n) is 5.28. The Morgan fingerprint density at radius 2 is 1.81 bits per heavy atom. The number of nitrogens with two attached hydrogens (primary N) is 2. The van der Waals surface area contributed by atoms with Crippen molar-refractivity contribution in [2.75, 3.05) is 18.1 Å². The summed E-state index contributed by atoms with van der Waals surface area (Å²) in [4.78, 5) is 42.6. The van der Waals surface area contributed by atoms with Crippen LogP contribution in [0.25, 0.3) is 11.3 Å². The van der Waals surface area contributed by atoms with Gasteiger partial charge in [-0.2, -0.15) is 0 Å². The van der Waals surface area contributed by atoms with E-state index in [2.05, 4.69) is 20.9 Å². The fourth-order valence-corrected chi connectivity index (χ4v) is 3.53. The number of nitrogen functional groups attached to an aromatic ring is 2. The van der Waals surface area contributed by atoms with Gasteiger partial charge >= 0.3 is 0 Å². The number of carbonyl (C=O) groups excluding carboxylic acids is 2. The molecular weight excluding hydrogens is 460 g/mol. The van der Waals surface area contributed by atoms with Gasteiger partial charge in [0.25, 0.3) is 11.5 Å². The van der Waals surface area contributed by atoms with Gasteiger partial charge in [-0.05, 0) is 37.6 Å². The molecule has 1 heterocycles. The van der Waals surface area contributed by atoms with E-state index in [0.29, 0.717) is 28.1 Å². The standard InChI is InChI=1S/C25H30N8O3/c1-14(2)32-24(35)18-8-17(9-19(26)10-18)20-12-31-23(29-3)25(36)33(20)13-21(34)30-11-15-4-6-16(7-5-15)22(27)28/h4-10,12,14H,11,13,26H2,1-3H3,(H3,27,28)(H,29,31)(H,30,34)(H,32,35). The van der Waals surface area contributed by atoms with Crippen molar-refractivity contribution in [3.8, 4) is 11.3 Å². The van der Waals surface area contributed by atoms with Gasteiger partial charge in [0.15, 0.2) is 5.82 Å². The van der Waals surface area contributed by atoms with E-state index >= 15 is 0 Å². The van der Waals surface area contributed by atoms with Gasteiger partial charge in [-0.1, -0.05) is 24.3 Å². The number of amidine groups is 1. The highest BCUT2D eigenvalue weighted by molar-refractivity contribution is 5.97. The molecule has 8 N–H and O–H groups in total. The summed E-state index contributed by atoms with van der Waals surface area (Å²) in [5.41, 5.74) is 13.9. The van der Waals surface area contributed by atoms with Crippen LogP contribution in [0.1, 0.15) is 35.3 Å². The number of nitrogens with one attached hydrogen (secondary N) is 4. The molecule has 0 spiro atoms. The van der Waals surface area contributed by atoms with Crippen molar-refractivity contribution in [3.05, 3.63) is 75.7 Å². The van der Waals surface area contributed by atoms with E-state index in [4.69, 9.17) is 16.9 Å². The highest BCUT2D eigenvalue weighted by Gasteiger charge is 2.17. The Hall–Kier alpha value is -4.67. The molecule has 1 aromatic heterocycles. The number of carbonyl (C=O) groups is 2. The van der Waals surface area contributed by atoms with Crippen LogP contribution in [0.5, 0.6) is 0 Å². The second kappa shape index (κ2) is 11.2. The molecule has 0 fully saturated rings. The third kappa shape index (κ3) is 6.26. The third-order valence-corrected chi connectivity index (χ3v) is 5.28. The Balaban J connectivity index is 1.90. The average Bonchev–Trinajstić information content (AvgIpc) is 2.83. The Morgan fingerprint density at radius 3 is 2.42 bits per heavy atom. The van der Waals surface area contributed by atoms with Crippen molar-refractivity contribution in [3.63, 3.8) is 0 Å². The first-order valence-electron chi connectivity index (χ1n) is 11.3. The highest BCUT2D eigenvalue weighted by atomic mass is 16.2. The van der Waals surface area contributed by atoms with Gasteiger partial charge in [0, 0.05) is 42.0 Å². The first-order valence-corrected chi connectivity index (χ1v) is 11.3. The van der Waals surface area contributed by atoms with Crippen LogP contribution < -0.4 is 33.0 Å². The molecule has 0 aliphatic heterocycles.